The molecular weight excluding hydrogens is 439 g/mol. The second kappa shape index (κ2) is 19.6. The first-order valence-corrected chi connectivity index (χ1v) is 8.34. The topological polar surface area (TPSA) is 224 Å². The Morgan fingerprint density at radius 2 is 0.710 bits per heavy atom. The second-order valence-corrected chi connectivity index (χ2v) is 4.61. The molecule has 0 saturated carbocycles. The molecule has 31 heavy (non-hydrogen) atoms. The summed E-state index contributed by atoms with van der Waals surface area (Å²) in [4.78, 5) is 41.5. The van der Waals surface area contributed by atoms with Crippen LogP contribution in [0.5, 0.6) is 0 Å². The van der Waals surface area contributed by atoms with Crippen LogP contribution >= 0.6 is 8.34 Å². The van der Waals surface area contributed by atoms with Crippen molar-refractivity contribution in [3.8, 4) is 0 Å². The molecular formula is C18H20O12P+. The Morgan fingerprint density at radius 3 is 0.839 bits per heavy atom. The molecule has 2 aromatic rings. The van der Waals surface area contributed by atoms with E-state index in [0.717, 1.165) is 26.4 Å². The van der Waals surface area contributed by atoms with Gasteiger partial charge in [-0.05, 0) is 36.4 Å². The fraction of sp³-hybridized carbons (Fsp3) is 0.111. The molecule has 168 valence electrons. The number of hydrogen-bond acceptors (Lipinski definition) is 8. The van der Waals surface area contributed by atoms with Crippen LogP contribution in [0.4, 0.5) is 0 Å². The minimum absolute atomic E-state index is 0.0186. The van der Waals surface area contributed by atoms with Gasteiger partial charge >= 0.3 is 41.3 Å². The van der Waals surface area contributed by atoms with Gasteiger partial charge in [-0.25, -0.2) is 19.2 Å². The number of hydrogen-bond donors (Lipinski definition) is 6. The third-order valence-corrected chi connectivity index (χ3v) is 2.71. The monoisotopic (exact) mass is 459 g/mol. The molecule has 0 aliphatic rings. The van der Waals surface area contributed by atoms with Gasteiger partial charge in [-0.1, -0.05) is 12.1 Å². The summed E-state index contributed by atoms with van der Waals surface area (Å²) in [5.41, 5.74) is -0.0744. The molecule has 0 aliphatic heterocycles. The van der Waals surface area contributed by atoms with Gasteiger partial charge in [0.15, 0.2) is 0 Å². The van der Waals surface area contributed by atoms with Gasteiger partial charge in [0, 0.05) is 14.2 Å². The molecule has 0 fully saturated rings. The minimum atomic E-state index is -1.13. The van der Waals surface area contributed by atoms with Crippen molar-refractivity contribution in [2.24, 2.45) is 0 Å². The Kier molecular flexibility index (Phi) is 20.2. The summed E-state index contributed by atoms with van der Waals surface area (Å²) >= 11 is 0. The van der Waals surface area contributed by atoms with Crippen molar-refractivity contribution in [1.82, 2.24) is 0 Å². The van der Waals surface area contributed by atoms with E-state index < -0.39 is 32.2 Å². The van der Waals surface area contributed by atoms with Crippen molar-refractivity contribution in [2.45, 2.75) is 0 Å². The Balaban J connectivity index is -0.000000393. The summed E-state index contributed by atoms with van der Waals surface area (Å²) in [5, 5.41) is 48.0. The molecule has 0 bridgehead atoms. The van der Waals surface area contributed by atoms with E-state index >= 15 is 0 Å². The number of aliphatic hydroxyl groups is 2. The van der Waals surface area contributed by atoms with Gasteiger partial charge in [-0.2, -0.15) is 0 Å². The van der Waals surface area contributed by atoms with Crippen molar-refractivity contribution in [3.63, 3.8) is 0 Å². The van der Waals surface area contributed by atoms with E-state index in [1.165, 1.54) is 36.4 Å². The molecule has 0 amide bonds. The second-order valence-electron chi connectivity index (χ2n) is 4.46. The van der Waals surface area contributed by atoms with Gasteiger partial charge < -0.3 is 30.6 Å². The number of benzene rings is 2. The van der Waals surface area contributed by atoms with E-state index in [-0.39, 0.29) is 22.3 Å². The molecule has 12 nitrogen and oxygen atoms in total. The van der Waals surface area contributed by atoms with Crippen LogP contribution in [0.25, 0.3) is 0 Å². The van der Waals surface area contributed by atoms with Gasteiger partial charge in [-0.15, -0.1) is 0 Å². The van der Waals surface area contributed by atoms with Crippen molar-refractivity contribution in [1.29, 1.82) is 0 Å². The van der Waals surface area contributed by atoms with E-state index in [4.69, 9.17) is 39.8 Å². The van der Waals surface area contributed by atoms with Crippen molar-refractivity contribution in [2.75, 3.05) is 14.2 Å². The summed E-state index contributed by atoms with van der Waals surface area (Å²) < 4.78 is 16.7. The van der Waals surface area contributed by atoms with E-state index in [9.17, 15) is 19.2 Å². The van der Waals surface area contributed by atoms with Gasteiger partial charge in [0.2, 0.25) is 0 Å². The number of aromatic carboxylic acids is 4. The van der Waals surface area contributed by atoms with Crippen molar-refractivity contribution < 1.29 is 58.9 Å². The standard InChI is InChI=1S/2C8H6O4.2CH4O.O2P/c2*9-7(10)5-2-1-3-6(4-5)8(11)12;2*1-2;1-3-2/h2*1-4H,(H,9,10)(H,11,12);2*2H,1H3;/q;;;;+1. The first-order valence-electron chi connectivity index (χ1n) is 7.61. The molecule has 0 radical (unpaired) electrons. The molecule has 0 heterocycles. The summed E-state index contributed by atoms with van der Waals surface area (Å²) in [6.07, 6.45) is 0. The first-order chi connectivity index (χ1) is 14.6. The predicted molar refractivity (Wildman–Crippen MR) is 105 cm³/mol. The quantitative estimate of drug-likeness (QED) is 0.361. The van der Waals surface area contributed by atoms with Crippen LogP contribution in [0.15, 0.2) is 48.5 Å². The molecule has 0 aromatic heterocycles. The van der Waals surface area contributed by atoms with Crippen LogP contribution in [0.3, 0.4) is 0 Å². The average Bonchev–Trinajstić information content (AvgIpc) is 2.77. The van der Waals surface area contributed by atoms with Gasteiger partial charge in [0.25, 0.3) is 0 Å². The number of carbonyl (C=O) groups is 4. The zero-order valence-corrected chi connectivity index (χ0v) is 17.1. The molecule has 0 unspecified atom stereocenters. The van der Waals surface area contributed by atoms with Gasteiger partial charge in [-0.3, -0.25) is 0 Å². The predicted octanol–water partition coefficient (Wildman–Crippen LogP) is 2.01. The molecule has 13 heteroatoms. The summed E-state index contributed by atoms with van der Waals surface area (Å²) in [6.45, 7) is 0. The van der Waals surface area contributed by atoms with Crippen molar-refractivity contribution >= 4 is 32.2 Å². The average molecular weight is 459 g/mol. The van der Waals surface area contributed by atoms with Crippen LogP contribution in [0, 0.1) is 0 Å². The SMILES string of the molecule is CO.CO.O=C(O)c1cccc(C(=O)O)c1.O=C(O)c1cccc(C(=O)O)c1.O=[P+]=O. The fourth-order valence-corrected chi connectivity index (χ4v) is 1.57. The molecule has 0 spiro atoms. The molecule has 0 saturated heterocycles. The summed E-state index contributed by atoms with van der Waals surface area (Å²) in [5.74, 6) is -4.51. The molecule has 2 aromatic carbocycles. The van der Waals surface area contributed by atoms with Crippen LogP contribution in [0.2, 0.25) is 0 Å². The molecule has 2 rings (SSSR count). The number of carboxylic acid groups (broad SMARTS) is 4. The number of aliphatic hydroxyl groups excluding tert-OH is 2. The maximum atomic E-state index is 10.4. The summed E-state index contributed by atoms with van der Waals surface area (Å²) in [6, 6.07) is 10.4. The zero-order chi connectivity index (χ0) is 25.0. The third-order valence-electron chi connectivity index (χ3n) is 2.71. The first kappa shape index (κ1) is 31.9. The number of rotatable bonds is 4. The van der Waals surface area contributed by atoms with E-state index in [1.807, 2.05) is 0 Å². The van der Waals surface area contributed by atoms with E-state index in [2.05, 4.69) is 0 Å². The zero-order valence-electron chi connectivity index (χ0n) is 16.2. The van der Waals surface area contributed by atoms with Gasteiger partial charge in [0.1, 0.15) is 0 Å². The molecule has 0 aliphatic carbocycles. The van der Waals surface area contributed by atoms with Crippen LogP contribution in [-0.4, -0.2) is 68.7 Å². The Hall–Kier alpha value is -3.73. The van der Waals surface area contributed by atoms with Crippen LogP contribution in [-0.2, 0) is 9.13 Å². The van der Waals surface area contributed by atoms with Crippen LogP contribution < -0.4 is 0 Å². The van der Waals surface area contributed by atoms with Crippen molar-refractivity contribution in [3.05, 3.63) is 70.8 Å². The maximum absolute atomic E-state index is 10.4. The molecule has 0 atom stereocenters. The van der Waals surface area contributed by atoms with Gasteiger partial charge in [0.05, 0.1) is 22.3 Å². The normalized spacial score (nSPS) is 7.87. The Bertz CT molecular complexity index is 763. The Morgan fingerprint density at radius 1 is 0.548 bits per heavy atom. The Labute approximate surface area is 176 Å². The summed E-state index contributed by atoms with van der Waals surface area (Å²) in [7, 11) is 0.917. The van der Waals surface area contributed by atoms with E-state index in [1.54, 1.807) is 0 Å². The third kappa shape index (κ3) is 14.9. The fourth-order valence-electron chi connectivity index (χ4n) is 1.57. The number of carboxylic acids is 4. The van der Waals surface area contributed by atoms with E-state index in [0.29, 0.717) is 0 Å². The van der Waals surface area contributed by atoms with Crippen LogP contribution in [0.1, 0.15) is 41.4 Å². The molecule has 6 N–H and O–H groups in total.